The number of hydrogen-bond donors (Lipinski definition) is 1. The zero-order valence-corrected chi connectivity index (χ0v) is 19.7. The molecule has 1 aliphatic carbocycles. The predicted molar refractivity (Wildman–Crippen MR) is 131 cm³/mol. The molecule has 35 heavy (non-hydrogen) atoms. The van der Waals surface area contributed by atoms with Crippen molar-refractivity contribution in [1.29, 1.82) is 5.26 Å². The summed E-state index contributed by atoms with van der Waals surface area (Å²) in [5.74, 6) is -0.436. The number of carboxylic acids is 1. The van der Waals surface area contributed by atoms with Gasteiger partial charge in [-0.25, -0.2) is 9.18 Å². The standard InChI is InChI=1S/C28H30FN3O3/c29-24-9-4-8-23(16-24)27-25(10-5-15-30)32(31-28(27)22-6-2-1-3-7-22)17-20-11-13-21(14-12-20)18-35-19-26(33)34/h1-4,6-9,16,20-21H,5,10-14,17-19H2,(H,33,34). The molecule has 0 aliphatic heterocycles. The van der Waals surface area contributed by atoms with Crippen LogP contribution in [-0.2, 0) is 22.5 Å². The van der Waals surface area contributed by atoms with Gasteiger partial charge in [-0.1, -0.05) is 42.5 Å². The first-order valence-corrected chi connectivity index (χ1v) is 12.1. The molecule has 1 N–H and O–H groups in total. The SMILES string of the molecule is N#CCCc1c(-c2cccc(F)c2)c(-c2ccccc2)nn1CC1CCC(COCC(=O)O)CC1. The first-order valence-electron chi connectivity index (χ1n) is 12.1. The number of aromatic nitrogens is 2. The third-order valence-electron chi connectivity index (χ3n) is 6.67. The lowest BCUT2D eigenvalue weighted by atomic mass is 9.82. The Balaban J connectivity index is 1.61. The fraction of sp³-hybridized carbons (Fsp3) is 0.393. The zero-order valence-electron chi connectivity index (χ0n) is 19.7. The maximum absolute atomic E-state index is 14.2. The number of ether oxygens (including phenoxy) is 1. The molecular weight excluding hydrogens is 445 g/mol. The fourth-order valence-corrected chi connectivity index (χ4v) is 4.96. The summed E-state index contributed by atoms with van der Waals surface area (Å²) in [7, 11) is 0. The van der Waals surface area contributed by atoms with Gasteiger partial charge in [0.1, 0.15) is 18.1 Å². The Bertz CT molecular complexity index is 1180. The van der Waals surface area contributed by atoms with Crippen LogP contribution >= 0.6 is 0 Å². The summed E-state index contributed by atoms with van der Waals surface area (Å²) in [4.78, 5) is 10.7. The average Bonchev–Trinajstić information content (AvgIpc) is 3.22. The van der Waals surface area contributed by atoms with Crippen molar-refractivity contribution in [2.24, 2.45) is 11.8 Å². The molecular formula is C28H30FN3O3. The van der Waals surface area contributed by atoms with Gasteiger partial charge in [-0.05, 0) is 55.2 Å². The molecule has 0 radical (unpaired) electrons. The Labute approximate surface area is 205 Å². The summed E-state index contributed by atoms with van der Waals surface area (Å²) in [6, 6.07) is 18.7. The number of rotatable bonds is 10. The van der Waals surface area contributed by atoms with Crippen LogP contribution < -0.4 is 0 Å². The molecule has 182 valence electrons. The summed E-state index contributed by atoms with van der Waals surface area (Å²) in [6.45, 7) is 0.968. The first-order chi connectivity index (χ1) is 17.0. The molecule has 1 saturated carbocycles. The van der Waals surface area contributed by atoms with Crippen molar-refractivity contribution < 1.29 is 19.0 Å². The number of nitriles is 1. The highest BCUT2D eigenvalue weighted by Crippen LogP contribution is 2.37. The van der Waals surface area contributed by atoms with E-state index in [1.165, 1.54) is 12.1 Å². The van der Waals surface area contributed by atoms with E-state index in [2.05, 4.69) is 6.07 Å². The topological polar surface area (TPSA) is 88.1 Å². The molecule has 3 aromatic rings. The molecule has 0 saturated heterocycles. The van der Waals surface area contributed by atoms with Crippen molar-refractivity contribution in [3.63, 3.8) is 0 Å². The second-order valence-electron chi connectivity index (χ2n) is 9.18. The van der Waals surface area contributed by atoms with Gasteiger partial charge >= 0.3 is 5.97 Å². The van der Waals surface area contributed by atoms with Crippen LogP contribution in [0.25, 0.3) is 22.4 Å². The van der Waals surface area contributed by atoms with Crippen LogP contribution in [0.4, 0.5) is 4.39 Å². The van der Waals surface area contributed by atoms with E-state index in [4.69, 9.17) is 14.9 Å². The minimum atomic E-state index is -0.939. The molecule has 1 aromatic heterocycles. The van der Waals surface area contributed by atoms with E-state index in [1.54, 1.807) is 6.07 Å². The maximum atomic E-state index is 14.2. The smallest absolute Gasteiger partial charge is 0.329 e. The molecule has 0 unspecified atom stereocenters. The van der Waals surface area contributed by atoms with Gasteiger partial charge in [-0.15, -0.1) is 0 Å². The molecule has 0 bridgehead atoms. The Kier molecular flexibility index (Phi) is 8.27. The number of carbonyl (C=O) groups is 1. The Morgan fingerprint density at radius 2 is 1.80 bits per heavy atom. The van der Waals surface area contributed by atoms with Crippen LogP contribution in [0.5, 0.6) is 0 Å². The number of hydrogen-bond acceptors (Lipinski definition) is 4. The van der Waals surface area contributed by atoms with Gasteiger partial charge in [-0.3, -0.25) is 4.68 Å². The van der Waals surface area contributed by atoms with Crippen molar-refractivity contribution in [3.05, 3.63) is 66.1 Å². The summed E-state index contributed by atoms with van der Waals surface area (Å²) in [5, 5.41) is 23.1. The minimum absolute atomic E-state index is 0.249. The maximum Gasteiger partial charge on any atom is 0.329 e. The zero-order chi connectivity index (χ0) is 24.6. The lowest BCUT2D eigenvalue weighted by molar-refractivity contribution is -0.142. The normalized spacial score (nSPS) is 17.7. The lowest BCUT2D eigenvalue weighted by Crippen LogP contribution is -2.23. The number of carboxylic acid groups (broad SMARTS) is 1. The van der Waals surface area contributed by atoms with E-state index in [1.807, 2.05) is 41.1 Å². The third-order valence-corrected chi connectivity index (χ3v) is 6.67. The molecule has 6 nitrogen and oxygen atoms in total. The number of nitrogens with zero attached hydrogens (tertiary/aromatic N) is 3. The van der Waals surface area contributed by atoms with Crippen LogP contribution in [0, 0.1) is 29.0 Å². The molecule has 0 atom stereocenters. The molecule has 7 heteroatoms. The minimum Gasteiger partial charge on any atom is -0.480 e. The van der Waals surface area contributed by atoms with Gasteiger partial charge in [0.2, 0.25) is 0 Å². The van der Waals surface area contributed by atoms with E-state index in [0.717, 1.165) is 60.3 Å². The molecule has 1 fully saturated rings. The van der Waals surface area contributed by atoms with Crippen molar-refractivity contribution >= 4 is 5.97 Å². The van der Waals surface area contributed by atoms with Gasteiger partial charge in [0.05, 0.1) is 12.7 Å². The van der Waals surface area contributed by atoms with Crippen molar-refractivity contribution in [3.8, 4) is 28.5 Å². The quantitative estimate of drug-likeness (QED) is 0.405. The predicted octanol–water partition coefficient (Wildman–Crippen LogP) is 5.72. The summed E-state index contributed by atoms with van der Waals surface area (Å²) >= 11 is 0. The average molecular weight is 476 g/mol. The highest BCUT2D eigenvalue weighted by Gasteiger charge is 2.26. The Hall–Kier alpha value is -3.50. The largest absolute Gasteiger partial charge is 0.480 e. The second-order valence-corrected chi connectivity index (χ2v) is 9.18. The highest BCUT2D eigenvalue weighted by molar-refractivity contribution is 5.83. The van der Waals surface area contributed by atoms with Gasteiger partial charge in [0.15, 0.2) is 0 Å². The summed E-state index contributed by atoms with van der Waals surface area (Å²) in [5.41, 5.74) is 4.38. The molecule has 4 rings (SSSR count). The first kappa shape index (κ1) is 24.6. The van der Waals surface area contributed by atoms with Crippen LogP contribution in [0.3, 0.4) is 0 Å². The van der Waals surface area contributed by atoms with Crippen LogP contribution in [0.15, 0.2) is 54.6 Å². The number of halogens is 1. The second kappa shape index (κ2) is 11.8. The van der Waals surface area contributed by atoms with Crippen molar-refractivity contribution in [1.82, 2.24) is 9.78 Å². The Morgan fingerprint density at radius 3 is 2.49 bits per heavy atom. The number of benzene rings is 2. The molecule has 0 spiro atoms. The van der Waals surface area contributed by atoms with Gasteiger partial charge in [0, 0.05) is 36.2 Å². The van der Waals surface area contributed by atoms with E-state index in [9.17, 15) is 14.4 Å². The van der Waals surface area contributed by atoms with Gasteiger partial charge in [-0.2, -0.15) is 10.4 Å². The molecule has 0 amide bonds. The van der Waals surface area contributed by atoms with Crippen LogP contribution in [-0.4, -0.2) is 34.1 Å². The number of aliphatic carboxylic acids is 1. The van der Waals surface area contributed by atoms with E-state index in [-0.39, 0.29) is 12.4 Å². The molecule has 1 heterocycles. The summed E-state index contributed by atoms with van der Waals surface area (Å²) in [6.07, 6.45) is 4.89. The van der Waals surface area contributed by atoms with Crippen molar-refractivity contribution in [2.45, 2.75) is 45.1 Å². The van der Waals surface area contributed by atoms with Gasteiger partial charge < -0.3 is 9.84 Å². The van der Waals surface area contributed by atoms with E-state index >= 15 is 0 Å². The Morgan fingerprint density at radius 1 is 1.09 bits per heavy atom. The third kappa shape index (κ3) is 6.34. The lowest BCUT2D eigenvalue weighted by Gasteiger charge is -2.28. The highest BCUT2D eigenvalue weighted by atomic mass is 19.1. The fourth-order valence-electron chi connectivity index (χ4n) is 4.96. The molecule has 2 aromatic carbocycles. The van der Waals surface area contributed by atoms with E-state index in [0.29, 0.717) is 31.3 Å². The monoisotopic (exact) mass is 475 g/mol. The van der Waals surface area contributed by atoms with Gasteiger partial charge in [0.25, 0.3) is 0 Å². The van der Waals surface area contributed by atoms with E-state index < -0.39 is 5.97 Å². The molecule has 1 aliphatic rings. The van der Waals surface area contributed by atoms with Crippen LogP contribution in [0.2, 0.25) is 0 Å². The van der Waals surface area contributed by atoms with Crippen molar-refractivity contribution in [2.75, 3.05) is 13.2 Å². The van der Waals surface area contributed by atoms with Crippen LogP contribution in [0.1, 0.15) is 37.8 Å². The summed E-state index contributed by atoms with van der Waals surface area (Å²) < 4.78 is 21.5.